The Kier molecular flexibility index (Phi) is 5.05. The minimum atomic E-state index is -0.147. The number of unbranched alkanes of at least 4 members (excludes halogenated alkanes) is 3. The first-order valence-corrected chi connectivity index (χ1v) is 5.37. The summed E-state index contributed by atoms with van der Waals surface area (Å²) in [6, 6.07) is 0. The van der Waals surface area contributed by atoms with E-state index in [1.54, 1.807) is 0 Å². The predicted octanol–water partition coefficient (Wildman–Crippen LogP) is 3.00. The predicted molar refractivity (Wildman–Crippen MR) is 56.9 cm³/mol. The number of hydrogen-bond donors (Lipinski definition) is 0. The molecule has 0 aromatic carbocycles. The number of allylic oxidation sites excluding steroid dienone is 3. The van der Waals surface area contributed by atoms with Gasteiger partial charge in [-0.2, -0.15) is 0 Å². The van der Waals surface area contributed by atoms with E-state index in [4.69, 9.17) is 4.74 Å². The fraction of sp³-hybridized carbons (Fsp3) is 0.583. The van der Waals surface area contributed by atoms with Crippen molar-refractivity contribution in [3.8, 4) is 0 Å². The van der Waals surface area contributed by atoms with Crippen molar-refractivity contribution in [2.75, 3.05) is 6.61 Å². The summed E-state index contributed by atoms with van der Waals surface area (Å²) in [4.78, 5) is 11.3. The minimum absolute atomic E-state index is 0.147. The number of esters is 1. The zero-order chi connectivity index (χ0) is 10.2. The molecule has 1 aliphatic rings. The van der Waals surface area contributed by atoms with E-state index >= 15 is 0 Å². The summed E-state index contributed by atoms with van der Waals surface area (Å²) < 4.78 is 5.13. The van der Waals surface area contributed by atoms with Crippen molar-refractivity contribution in [3.05, 3.63) is 23.8 Å². The molecule has 0 radical (unpaired) electrons. The van der Waals surface area contributed by atoms with E-state index in [0.29, 0.717) is 6.61 Å². The average Bonchev–Trinajstić information content (AvgIpc) is 2.70. The molecule has 2 heteroatoms. The summed E-state index contributed by atoms with van der Waals surface area (Å²) in [6.07, 6.45) is 11.0. The van der Waals surface area contributed by atoms with Gasteiger partial charge in [-0.3, -0.25) is 0 Å². The maximum Gasteiger partial charge on any atom is 0.334 e. The van der Waals surface area contributed by atoms with Crippen molar-refractivity contribution in [1.82, 2.24) is 0 Å². The van der Waals surface area contributed by atoms with Crippen LogP contribution in [0.25, 0.3) is 0 Å². The molecule has 0 N–H and O–H groups in total. The lowest BCUT2D eigenvalue weighted by Crippen LogP contribution is -2.07. The Labute approximate surface area is 85.6 Å². The molecular formula is C12H18O2. The van der Waals surface area contributed by atoms with Gasteiger partial charge in [-0.25, -0.2) is 4.79 Å². The lowest BCUT2D eigenvalue weighted by atomic mass is 10.2. The van der Waals surface area contributed by atoms with Gasteiger partial charge < -0.3 is 4.74 Å². The second kappa shape index (κ2) is 6.41. The Morgan fingerprint density at radius 1 is 1.43 bits per heavy atom. The van der Waals surface area contributed by atoms with E-state index in [1.807, 2.05) is 18.2 Å². The first-order valence-electron chi connectivity index (χ1n) is 5.37. The lowest BCUT2D eigenvalue weighted by Gasteiger charge is -2.04. The van der Waals surface area contributed by atoms with Gasteiger partial charge in [0.1, 0.15) is 0 Å². The highest BCUT2D eigenvalue weighted by Gasteiger charge is 2.10. The second-order valence-corrected chi connectivity index (χ2v) is 3.52. The summed E-state index contributed by atoms with van der Waals surface area (Å²) in [5.74, 6) is -0.147. The van der Waals surface area contributed by atoms with Crippen LogP contribution in [-0.4, -0.2) is 12.6 Å². The van der Waals surface area contributed by atoms with Gasteiger partial charge in [0.2, 0.25) is 0 Å². The van der Waals surface area contributed by atoms with Crippen LogP contribution in [0.3, 0.4) is 0 Å². The third-order valence-electron chi connectivity index (χ3n) is 2.26. The van der Waals surface area contributed by atoms with Crippen molar-refractivity contribution in [1.29, 1.82) is 0 Å². The Balaban J connectivity index is 2.04. The number of hydrogen-bond acceptors (Lipinski definition) is 2. The van der Waals surface area contributed by atoms with Gasteiger partial charge in [-0.15, -0.1) is 0 Å². The van der Waals surface area contributed by atoms with Crippen molar-refractivity contribution < 1.29 is 9.53 Å². The quantitative estimate of drug-likeness (QED) is 0.480. The Hall–Kier alpha value is -1.05. The molecule has 0 atom stereocenters. The molecule has 0 aliphatic heterocycles. The highest BCUT2D eigenvalue weighted by Crippen LogP contribution is 2.12. The molecule has 2 nitrogen and oxygen atoms in total. The molecule has 1 aliphatic carbocycles. The van der Waals surface area contributed by atoms with E-state index in [2.05, 4.69) is 6.92 Å². The molecule has 0 aromatic rings. The maximum absolute atomic E-state index is 11.3. The minimum Gasteiger partial charge on any atom is -0.462 e. The molecule has 0 fully saturated rings. The molecule has 0 heterocycles. The monoisotopic (exact) mass is 194 g/mol. The van der Waals surface area contributed by atoms with E-state index in [9.17, 15) is 4.79 Å². The van der Waals surface area contributed by atoms with Crippen LogP contribution in [0.1, 0.15) is 39.0 Å². The molecule has 0 aromatic heterocycles. The number of carbonyl (C=O) groups excluding carboxylic acids is 1. The SMILES string of the molecule is CCCCCCOC(=O)C1=CC=CC1. The van der Waals surface area contributed by atoms with E-state index in [1.165, 1.54) is 12.8 Å². The standard InChI is InChI=1S/C12H18O2/c1-2-3-4-7-10-14-12(13)11-8-5-6-9-11/h5-6,8H,2-4,7,9-10H2,1H3. The molecule has 0 saturated carbocycles. The van der Waals surface area contributed by atoms with Crippen LogP contribution in [0, 0.1) is 0 Å². The van der Waals surface area contributed by atoms with Crippen molar-refractivity contribution >= 4 is 5.97 Å². The Morgan fingerprint density at radius 2 is 2.29 bits per heavy atom. The molecule has 0 unspecified atom stereocenters. The van der Waals surface area contributed by atoms with Crippen LogP contribution in [0.4, 0.5) is 0 Å². The van der Waals surface area contributed by atoms with Crippen LogP contribution in [0.15, 0.2) is 23.8 Å². The van der Waals surface area contributed by atoms with Crippen LogP contribution < -0.4 is 0 Å². The van der Waals surface area contributed by atoms with Gasteiger partial charge in [-0.05, 0) is 12.8 Å². The third-order valence-corrected chi connectivity index (χ3v) is 2.26. The number of carbonyl (C=O) groups is 1. The van der Waals surface area contributed by atoms with Gasteiger partial charge in [0.15, 0.2) is 0 Å². The Bertz CT molecular complexity index is 239. The molecule has 1 rings (SSSR count). The topological polar surface area (TPSA) is 26.3 Å². The molecule has 0 saturated heterocycles. The van der Waals surface area contributed by atoms with E-state index in [0.717, 1.165) is 24.8 Å². The molecular weight excluding hydrogens is 176 g/mol. The number of rotatable bonds is 6. The zero-order valence-corrected chi connectivity index (χ0v) is 8.79. The van der Waals surface area contributed by atoms with Gasteiger partial charge >= 0.3 is 5.97 Å². The maximum atomic E-state index is 11.3. The largest absolute Gasteiger partial charge is 0.462 e. The molecule has 78 valence electrons. The first kappa shape index (κ1) is 11.0. The van der Waals surface area contributed by atoms with E-state index in [-0.39, 0.29) is 5.97 Å². The van der Waals surface area contributed by atoms with Crippen LogP contribution in [-0.2, 0) is 9.53 Å². The summed E-state index contributed by atoms with van der Waals surface area (Å²) in [6.45, 7) is 2.73. The highest BCUT2D eigenvalue weighted by molar-refractivity contribution is 5.89. The summed E-state index contributed by atoms with van der Waals surface area (Å²) >= 11 is 0. The fourth-order valence-corrected chi connectivity index (χ4v) is 1.39. The summed E-state index contributed by atoms with van der Waals surface area (Å²) in [5.41, 5.74) is 0.778. The third kappa shape index (κ3) is 3.77. The zero-order valence-electron chi connectivity index (χ0n) is 8.79. The van der Waals surface area contributed by atoms with Gasteiger partial charge in [0.05, 0.1) is 6.61 Å². The van der Waals surface area contributed by atoms with E-state index < -0.39 is 0 Å². The summed E-state index contributed by atoms with van der Waals surface area (Å²) in [7, 11) is 0. The van der Waals surface area contributed by atoms with Gasteiger partial charge in [0.25, 0.3) is 0 Å². The van der Waals surface area contributed by atoms with Gasteiger partial charge in [0, 0.05) is 5.57 Å². The van der Waals surface area contributed by atoms with Crippen molar-refractivity contribution in [2.45, 2.75) is 39.0 Å². The van der Waals surface area contributed by atoms with Crippen molar-refractivity contribution in [3.63, 3.8) is 0 Å². The number of ether oxygens (including phenoxy) is 1. The first-order chi connectivity index (χ1) is 6.84. The molecule has 0 bridgehead atoms. The second-order valence-electron chi connectivity index (χ2n) is 3.52. The normalized spacial score (nSPS) is 14.2. The molecule has 14 heavy (non-hydrogen) atoms. The molecule has 0 spiro atoms. The average molecular weight is 194 g/mol. The van der Waals surface area contributed by atoms with Crippen LogP contribution in [0.2, 0.25) is 0 Å². The fourth-order valence-electron chi connectivity index (χ4n) is 1.39. The lowest BCUT2D eigenvalue weighted by molar-refractivity contribution is -0.139. The van der Waals surface area contributed by atoms with Crippen LogP contribution in [0.5, 0.6) is 0 Å². The van der Waals surface area contributed by atoms with Gasteiger partial charge in [-0.1, -0.05) is 44.4 Å². The summed E-state index contributed by atoms with van der Waals surface area (Å²) in [5, 5.41) is 0. The smallest absolute Gasteiger partial charge is 0.334 e. The van der Waals surface area contributed by atoms with Crippen molar-refractivity contribution in [2.24, 2.45) is 0 Å². The van der Waals surface area contributed by atoms with Crippen LogP contribution >= 0.6 is 0 Å². The Morgan fingerprint density at radius 3 is 2.93 bits per heavy atom. The highest BCUT2D eigenvalue weighted by atomic mass is 16.5. The molecule has 0 amide bonds.